The number of hydrogen-bond donors (Lipinski definition) is 2. The average Bonchev–Trinajstić information content (AvgIpc) is 2.41. The SMILES string of the molecule is CCN/C=C\N[C@]1(C)CC2CCC2(C)C=CC1C. The minimum absolute atomic E-state index is 0.186. The molecule has 0 spiro atoms. The fourth-order valence-corrected chi connectivity index (χ4v) is 3.23. The van der Waals surface area contributed by atoms with Crippen LogP contribution in [0.3, 0.4) is 0 Å². The van der Waals surface area contributed by atoms with Crippen LogP contribution in [0.2, 0.25) is 0 Å². The molecule has 2 nitrogen and oxygen atoms in total. The van der Waals surface area contributed by atoms with Crippen LogP contribution in [0.25, 0.3) is 0 Å². The Balaban J connectivity index is 2.05. The molecule has 2 rings (SSSR count). The molecular formula is C16H28N2. The molecule has 0 aromatic heterocycles. The second kappa shape index (κ2) is 4.99. The zero-order chi connectivity index (χ0) is 13.2. The van der Waals surface area contributed by atoms with E-state index in [1.165, 1.54) is 19.3 Å². The lowest BCUT2D eigenvalue weighted by Crippen LogP contribution is -2.48. The van der Waals surface area contributed by atoms with E-state index in [9.17, 15) is 0 Å². The predicted molar refractivity (Wildman–Crippen MR) is 78.1 cm³/mol. The Hall–Kier alpha value is -0.920. The van der Waals surface area contributed by atoms with Crippen LogP contribution in [-0.2, 0) is 0 Å². The highest BCUT2D eigenvalue weighted by Crippen LogP contribution is 2.53. The van der Waals surface area contributed by atoms with Crippen LogP contribution in [0.15, 0.2) is 24.6 Å². The van der Waals surface area contributed by atoms with Crippen molar-refractivity contribution in [3.63, 3.8) is 0 Å². The van der Waals surface area contributed by atoms with Gasteiger partial charge in [-0.3, -0.25) is 0 Å². The summed E-state index contributed by atoms with van der Waals surface area (Å²) in [5, 5.41) is 6.85. The summed E-state index contributed by atoms with van der Waals surface area (Å²) >= 11 is 0. The first-order chi connectivity index (χ1) is 8.50. The van der Waals surface area contributed by atoms with Crippen molar-refractivity contribution in [3.05, 3.63) is 24.6 Å². The van der Waals surface area contributed by atoms with E-state index in [0.29, 0.717) is 11.3 Å². The van der Waals surface area contributed by atoms with Crippen LogP contribution in [0.5, 0.6) is 0 Å². The minimum atomic E-state index is 0.186. The molecular weight excluding hydrogens is 220 g/mol. The molecule has 2 aliphatic rings. The molecule has 0 saturated heterocycles. The Morgan fingerprint density at radius 1 is 1.33 bits per heavy atom. The number of hydrogen-bond acceptors (Lipinski definition) is 2. The third-order valence-corrected chi connectivity index (χ3v) is 5.22. The maximum absolute atomic E-state index is 3.63. The third-order valence-electron chi connectivity index (χ3n) is 5.22. The summed E-state index contributed by atoms with van der Waals surface area (Å²) < 4.78 is 0. The smallest absolute Gasteiger partial charge is 0.0403 e. The van der Waals surface area contributed by atoms with Gasteiger partial charge < -0.3 is 10.6 Å². The van der Waals surface area contributed by atoms with Gasteiger partial charge in [0.1, 0.15) is 0 Å². The van der Waals surface area contributed by atoms with E-state index in [-0.39, 0.29) is 5.54 Å². The summed E-state index contributed by atoms with van der Waals surface area (Å²) in [7, 11) is 0. The molecule has 0 bridgehead atoms. The molecule has 4 atom stereocenters. The molecule has 1 saturated carbocycles. The van der Waals surface area contributed by atoms with Gasteiger partial charge in [-0.05, 0) is 50.4 Å². The number of rotatable bonds is 4. The number of fused-ring (bicyclic) bond motifs is 1. The van der Waals surface area contributed by atoms with Crippen LogP contribution in [0.1, 0.15) is 47.0 Å². The van der Waals surface area contributed by atoms with Gasteiger partial charge in [0.05, 0.1) is 0 Å². The van der Waals surface area contributed by atoms with Crippen molar-refractivity contribution >= 4 is 0 Å². The normalized spacial score (nSPS) is 43.1. The number of nitrogens with one attached hydrogen (secondary N) is 2. The summed E-state index contributed by atoms with van der Waals surface area (Å²) in [5.41, 5.74) is 0.657. The van der Waals surface area contributed by atoms with Crippen LogP contribution >= 0.6 is 0 Å². The first-order valence-electron chi connectivity index (χ1n) is 7.35. The van der Waals surface area contributed by atoms with Crippen LogP contribution in [0.4, 0.5) is 0 Å². The standard InChI is InChI=1S/C16H28N2/c1-5-17-10-11-18-16(4)12-14-7-9-15(14,3)8-6-13(16)2/h6,8,10-11,13-14,17-18H,5,7,9,12H2,1-4H3/b11-10-/t13?,14?,15?,16-/m1/s1. The quantitative estimate of drug-likeness (QED) is 0.745. The summed E-state index contributed by atoms with van der Waals surface area (Å²) in [6.45, 7) is 10.2. The Kier molecular flexibility index (Phi) is 3.74. The lowest BCUT2D eigenvalue weighted by atomic mass is 9.59. The van der Waals surface area contributed by atoms with E-state index in [2.05, 4.69) is 56.7 Å². The average molecular weight is 248 g/mol. The summed E-state index contributed by atoms with van der Waals surface area (Å²) in [5.74, 6) is 1.43. The van der Waals surface area contributed by atoms with Crippen molar-refractivity contribution in [1.29, 1.82) is 0 Å². The molecule has 18 heavy (non-hydrogen) atoms. The van der Waals surface area contributed by atoms with Crippen molar-refractivity contribution in [3.8, 4) is 0 Å². The lowest BCUT2D eigenvalue weighted by molar-refractivity contribution is 0.0704. The second-order valence-corrected chi connectivity index (χ2v) is 6.55. The fraction of sp³-hybridized carbons (Fsp3) is 0.750. The van der Waals surface area contributed by atoms with Gasteiger partial charge >= 0.3 is 0 Å². The summed E-state index contributed by atoms with van der Waals surface area (Å²) in [6.07, 6.45) is 13.0. The third kappa shape index (κ3) is 2.43. The monoisotopic (exact) mass is 248 g/mol. The van der Waals surface area contributed by atoms with Crippen LogP contribution in [-0.4, -0.2) is 12.1 Å². The molecule has 1 fully saturated rings. The summed E-state index contributed by atoms with van der Waals surface area (Å²) in [4.78, 5) is 0. The van der Waals surface area contributed by atoms with Gasteiger partial charge in [0.25, 0.3) is 0 Å². The second-order valence-electron chi connectivity index (χ2n) is 6.55. The van der Waals surface area contributed by atoms with Gasteiger partial charge in [0.2, 0.25) is 0 Å². The van der Waals surface area contributed by atoms with Crippen molar-refractivity contribution < 1.29 is 0 Å². The van der Waals surface area contributed by atoms with Gasteiger partial charge in [-0.2, -0.15) is 0 Å². The maximum Gasteiger partial charge on any atom is 0.0403 e. The molecule has 0 aliphatic heterocycles. The lowest BCUT2D eigenvalue weighted by Gasteiger charge is -2.48. The van der Waals surface area contributed by atoms with Crippen molar-refractivity contribution in [2.75, 3.05) is 6.54 Å². The maximum atomic E-state index is 3.63. The Labute approximate surface area is 112 Å². The molecule has 2 aliphatic carbocycles. The van der Waals surface area contributed by atoms with Gasteiger partial charge in [-0.15, -0.1) is 0 Å². The molecule has 102 valence electrons. The first kappa shape index (κ1) is 13.5. The van der Waals surface area contributed by atoms with Gasteiger partial charge in [0.15, 0.2) is 0 Å². The van der Waals surface area contributed by atoms with Crippen LogP contribution < -0.4 is 10.6 Å². The zero-order valence-corrected chi connectivity index (χ0v) is 12.3. The van der Waals surface area contributed by atoms with E-state index < -0.39 is 0 Å². The predicted octanol–water partition coefficient (Wildman–Crippen LogP) is 3.43. The van der Waals surface area contributed by atoms with Gasteiger partial charge in [-0.25, -0.2) is 0 Å². The molecule has 2 heteroatoms. The van der Waals surface area contributed by atoms with Crippen molar-refractivity contribution in [2.24, 2.45) is 17.3 Å². The van der Waals surface area contributed by atoms with E-state index in [4.69, 9.17) is 0 Å². The van der Waals surface area contributed by atoms with Crippen molar-refractivity contribution in [2.45, 2.75) is 52.5 Å². The molecule has 0 heterocycles. The van der Waals surface area contributed by atoms with E-state index in [0.717, 1.165) is 12.5 Å². The highest BCUT2D eigenvalue weighted by Gasteiger charge is 2.47. The van der Waals surface area contributed by atoms with Crippen LogP contribution in [0, 0.1) is 17.3 Å². The molecule has 0 radical (unpaired) electrons. The topological polar surface area (TPSA) is 24.1 Å². The van der Waals surface area contributed by atoms with Gasteiger partial charge in [0, 0.05) is 24.5 Å². The Morgan fingerprint density at radius 2 is 2.11 bits per heavy atom. The molecule has 0 aromatic rings. The highest BCUT2D eigenvalue weighted by molar-refractivity contribution is 5.16. The molecule has 3 unspecified atom stereocenters. The Bertz CT molecular complexity index is 347. The summed E-state index contributed by atoms with van der Waals surface area (Å²) in [6, 6.07) is 0. The van der Waals surface area contributed by atoms with E-state index >= 15 is 0 Å². The largest absolute Gasteiger partial charge is 0.390 e. The van der Waals surface area contributed by atoms with Crippen molar-refractivity contribution in [1.82, 2.24) is 10.6 Å². The zero-order valence-electron chi connectivity index (χ0n) is 12.3. The molecule has 0 aromatic carbocycles. The molecule has 0 amide bonds. The van der Waals surface area contributed by atoms with Gasteiger partial charge in [-0.1, -0.05) is 26.0 Å². The minimum Gasteiger partial charge on any atom is -0.390 e. The fourth-order valence-electron chi connectivity index (χ4n) is 3.23. The highest BCUT2D eigenvalue weighted by atomic mass is 15.0. The number of allylic oxidation sites excluding steroid dienone is 1. The Morgan fingerprint density at radius 3 is 2.72 bits per heavy atom. The van der Waals surface area contributed by atoms with E-state index in [1.54, 1.807) is 0 Å². The first-order valence-corrected chi connectivity index (χ1v) is 7.35. The van der Waals surface area contributed by atoms with E-state index in [1.807, 2.05) is 6.20 Å². The molecule has 2 N–H and O–H groups in total.